The molecule has 0 bridgehead atoms. The molecule has 0 aromatic heterocycles. The number of rotatable bonds is 7. The van der Waals surface area contributed by atoms with Crippen molar-refractivity contribution in [3.8, 4) is 0 Å². The first-order chi connectivity index (χ1) is 17.4. The Hall–Kier alpha value is -3.09. The predicted octanol–water partition coefficient (Wildman–Crippen LogP) is 2.47. The Morgan fingerprint density at radius 3 is 2.24 bits per heavy atom. The van der Waals surface area contributed by atoms with Crippen molar-refractivity contribution < 1.29 is 35.9 Å². The molecule has 2 fully saturated rings. The van der Waals surface area contributed by atoms with E-state index in [1.54, 1.807) is 13.8 Å². The van der Waals surface area contributed by atoms with Crippen molar-refractivity contribution >= 4 is 37.3 Å². The third kappa shape index (κ3) is 4.80. The number of nitrogens with zero attached hydrogens (tertiary/aromatic N) is 2. The van der Waals surface area contributed by atoms with E-state index >= 15 is 0 Å². The SMILES string of the molecule is CCN(CC)S(=O)(=O)c1ccc(C(O)=C2C(=O)C(=O)N([C@@H]3CCS(=O)(=O)C3)[C@@H]2c2ccccc2F)cc1. The zero-order chi connectivity index (χ0) is 27.1. The number of hydrogen-bond acceptors (Lipinski definition) is 7. The number of Topliss-reactive ketones (excluding diaryl/α,β-unsaturated/α-hetero) is 1. The molecule has 0 saturated carbocycles. The molecule has 0 unspecified atom stereocenters. The lowest BCUT2D eigenvalue weighted by molar-refractivity contribution is -0.141. The number of sulfonamides is 1. The zero-order valence-electron chi connectivity index (χ0n) is 20.3. The minimum Gasteiger partial charge on any atom is -0.507 e. The molecule has 37 heavy (non-hydrogen) atoms. The van der Waals surface area contributed by atoms with Gasteiger partial charge in [0.15, 0.2) is 9.84 Å². The van der Waals surface area contributed by atoms with Crippen molar-refractivity contribution in [2.75, 3.05) is 24.6 Å². The van der Waals surface area contributed by atoms with E-state index in [1.165, 1.54) is 46.8 Å². The van der Waals surface area contributed by atoms with Crippen molar-refractivity contribution in [3.05, 3.63) is 71.0 Å². The van der Waals surface area contributed by atoms with Crippen LogP contribution in [0, 0.1) is 5.82 Å². The number of sulfone groups is 1. The average Bonchev–Trinajstić information content (AvgIpc) is 3.35. The van der Waals surface area contributed by atoms with Crippen molar-refractivity contribution in [1.82, 2.24) is 9.21 Å². The molecule has 4 rings (SSSR count). The van der Waals surface area contributed by atoms with Crippen LogP contribution in [0.3, 0.4) is 0 Å². The maximum absolute atomic E-state index is 14.9. The molecule has 0 radical (unpaired) electrons. The smallest absolute Gasteiger partial charge is 0.295 e. The molecule has 2 atom stereocenters. The van der Waals surface area contributed by atoms with Crippen LogP contribution in [0.25, 0.3) is 5.76 Å². The summed E-state index contributed by atoms with van der Waals surface area (Å²) in [5.41, 5.74) is -0.399. The van der Waals surface area contributed by atoms with Gasteiger partial charge in [-0.15, -0.1) is 0 Å². The Balaban J connectivity index is 1.83. The highest BCUT2D eigenvalue weighted by molar-refractivity contribution is 7.91. The minimum atomic E-state index is -3.77. The minimum absolute atomic E-state index is 0.0185. The first-order valence-corrected chi connectivity index (χ1v) is 15.0. The van der Waals surface area contributed by atoms with Gasteiger partial charge in [0.1, 0.15) is 11.6 Å². The van der Waals surface area contributed by atoms with Gasteiger partial charge in [-0.1, -0.05) is 32.0 Å². The molecule has 2 aliphatic rings. The number of ketones is 1. The van der Waals surface area contributed by atoms with Crippen molar-refractivity contribution in [1.29, 1.82) is 0 Å². The van der Waals surface area contributed by atoms with E-state index in [0.29, 0.717) is 0 Å². The average molecular weight is 551 g/mol. The lowest BCUT2D eigenvalue weighted by Gasteiger charge is -2.30. The highest BCUT2D eigenvalue weighted by atomic mass is 32.2. The second kappa shape index (κ2) is 9.99. The highest BCUT2D eigenvalue weighted by Crippen LogP contribution is 2.43. The summed E-state index contributed by atoms with van der Waals surface area (Å²) in [6.07, 6.45) is 0.0816. The van der Waals surface area contributed by atoms with Crippen LogP contribution in [0.15, 0.2) is 59.0 Å². The van der Waals surface area contributed by atoms with Crippen molar-refractivity contribution in [2.24, 2.45) is 0 Å². The molecule has 1 N–H and O–H groups in total. The van der Waals surface area contributed by atoms with E-state index in [-0.39, 0.29) is 47.0 Å². The van der Waals surface area contributed by atoms with Crippen LogP contribution in [0.5, 0.6) is 0 Å². The van der Waals surface area contributed by atoms with Gasteiger partial charge in [0.2, 0.25) is 10.0 Å². The van der Waals surface area contributed by atoms with E-state index < -0.39 is 60.8 Å². The van der Waals surface area contributed by atoms with Crippen LogP contribution < -0.4 is 0 Å². The number of likely N-dealkylation sites (tertiary alicyclic amines) is 1. The fourth-order valence-electron chi connectivity index (χ4n) is 4.88. The number of amides is 1. The normalized spacial score (nSPS) is 23.2. The fourth-order valence-corrected chi connectivity index (χ4v) is 8.05. The van der Waals surface area contributed by atoms with Gasteiger partial charge in [-0.2, -0.15) is 4.31 Å². The lowest BCUT2D eigenvalue weighted by atomic mass is 9.94. The maximum atomic E-state index is 14.9. The summed E-state index contributed by atoms with van der Waals surface area (Å²) in [7, 11) is -7.22. The van der Waals surface area contributed by atoms with E-state index in [1.807, 2.05) is 0 Å². The van der Waals surface area contributed by atoms with Gasteiger partial charge < -0.3 is 10.0 Å². The Morgan fingerprint density at radius 2 is 1.70 bits per heavy atom. The van der Waals surface area contributed by atoms with Gasteiger partial charge >= 0.3 is 0 Å². The fraction of sp³-hybridized carbons (Fsp3) is 0.360. The molecule has 1 amide bonds. The number of halogens is 1. The van der Waals surface area contributed by atoms with Crippen LogP contribution in [0.2, 0.25) is 0 Å². The van der Waals surface area contributed by atoms with E-state index in [0.717, 1.165) is 11.0 Å². The lowest BCUT2D eigenvalue weighted by Crippen LogP contribution is -2.40. The topological polar surface area (TPSA) is 129 Å². The number of aliphatic hydroxyl groups is 1. The number of benzene rings is 2. The molecule has 198 valence electrons. The summed E-state index contributed by atoms with van der Waals surface area (Å²) in [4.78, 5) is 27.3. The number of aliphatic hydroxyl groups excluding tert-OH is 1. The van der Waals surface area contributed by atoms with Crippen LogP contribution in [0.4, 0.5) is 4.39 Å². The molecule has 2 saturated heterocycles. The molecule has 12 heteroatoms. The van der Waals surface area contributed by atoms with Gasteiger partial charge in [-0.05, 0) is 36.8 Å². The molecule has 2 aromatic rings. The van der Waals surface area contributed by atoms with E-state index in [2.05, 4.69) is 0 Å². The summed E-state index contributed by atoms with van der Waals surface area (Å²) in [6.45, 7) is 3.95. The number of carbonyl (C=O) groups excluding carboxylic acids is 2. The molecular weight excluding hydrogens is 523 g/mol. The quantitative estimate of drug-likeness (QED) is 0.319. The van der Waals surface area contributed by atoms with Crippen LogP contribution in [0.1, 0.15) is 37.4 Å². The Labute approximate surface area is 215 Å². The van der Waals surface area contributed by atoms with Crippen LogP contribution in [-0.2, 0) is 29.4 Å². The summed E-state index contributed by atoms with van der Waals surface area (Å²) in [5.74, 6) is -3.99. The maximum Gasteiger partial charge on any atom is 0.295 e. The summed E-state index contributed by atoms with van der Waals surface area (Å²) < 4.78 is 66.0. The second-order valence-electron chi connectivity index (χ2n) is 8.90. The zero-order valence-corrected chi connectivity index (χ0v) is 21.9. The summed E-state index contributed by atoms with van der Waals surface area (Å²) in [5, 5.41) is 11.2. The van der Waals surface area contributed by atoms with Gasteiger partial charge in [-0.3, -0.25) is 9.59 Å². The van der Waals surface area contributed by atoms with Gasteiger partial charge in [0.05, 0.1) is 28.0 Å². The van der Waals surface area contributed by atoms with Crippen LogP contribution in [-0.4, -0.2) is 73.5 Å². The van der Waals surface area contributed by atoms with Crippen molar-refractivity contribution in [2.45, 2.75) is 37.2 Å². The van der Waals surface area contributed by atoms with E-state index in [4.69, 9.17) is 0 Å². The number of carbonyl (C=O) groups is 2. The van der Waals surface area contributed by atoms with E-state index in [9.17, 15) is 35.9 Å². The van der Waals surface area contributed by atoms with Crippen molar-refractivity contribution in [3.63, 3.8) is 0 Å². The largest absolute Gasteiger partial charge is 0.507 e. The molecular formula is C25H27FN2O7S2. The third-order valence-electron chi connectivity index (χ3n) is 6.75. The monoisotopic (exact) mass is 550 g/mol. The van der Waals surface area contributed by atoms with Crippen LogP contribution >= 0.6 is 0 Å². The highest BCUT2D eigenvalue weighted by Gasteiger charge is 2.51. The number of hydrogen-bond donors (Lipinski definition) is 1. The summed E-state index contributed by atoms with van der Waals surface area (Å²) in [6, 6.07) is 8.41. The third-order valence-corrected chi connectivity index (χ3v) is 10.6. The van der Waals surface area contributed by atoms with Gasteiger partial charge in [0.25, 0.3) is 11.7 Å². The summed E-state index contributed by atoms with van der Waals surface area (Å²) >= 11 is 0. The molecule has 2 aliphatic heterocycles. The molecule has 2 aromatic carbocycles. The molecule has 9 nitrogen and oxygen atoms in total. The molecule has 0 aliphatic carbocycles. The van der Waals surface area contributed by atoms with Gasteiger partial charge in [-0.25, -0.2) is 21.2 Å². The first kappa shape index (κ1) is 27.0. The Kier molecular flexibility index (Phi) is 7.28. The molecule has 0 spiro atoms. The van der Waals surface area contributed by atoms with Gasteiger partial charge in [0, 0.05) is 30.3 Å². The Morgan fingerprint density at radius 1 is 1.08 bits per heavy atom. The predicted molar refractivity (Wildman–Crippen MR) is 134 cm³/mol. The second-order valence-corrected chi connectivity index (χ2v) is 13.1. The first-order valence-electron chi connectivity index (χ1n) is 11.8. The Bertz CT molecular complexity index is 1480. The standard InChI is InChI=1S/C25H27FN2O7S2/c1-3-27(4-2)37(34,35)18-11-9-16(10-12-18)23(29)21-22(19-7-5-6-8-20(19)26)28(25(31)24(21)30)17-13-14-36(32,33)15-17/h5-12,17,22,29H,3-4,13-15H2,1-2H3/t17-,22-/m1/s1. The molecule has 2 heterocycles.